The number of hydrogen-bond donors (Lipinski definition) is 2. The topological polar surface area (TPSA) is 83.7 Å². The van der Waals surface area contributed by atoms with Crippen LogP contribution in [0.1, 0.15) is 17.4 Å². The third-order valence-electron chi connectivity index (χ3n) is 3.12. The second kappa shape index (κ2) is 5.80. The van der Waals surface area contributed by atoms with Crippen LogP contribution in [0.15, 0.2) is 36.5 Å². The number of nitrogens with one attached hydrogen (secondary N) is 2. The number of nitrogens with zero attached hydrogens (tertiary/aromatic N) is 2. The molecule has 0 saturated heterocycles. The van der Waals surface area contributed by atoms with Crippen molar-refractivity contribution in [3.63, 3.8) is 0 Å². The van der Waals surface area contributed by atoms with Crippen molar-refractivity contribution in [2.75, 3.05) is 6.61 Å². The Bertz CT molecular complexity index is 792. The van der Waals surface area contributed by atoms with E-state index in [2.05, 4.69) is 20.4 Å². The molecule has 0 unspecified atom stereocenters. The highest BCUT2D eigenvalue weighted by molar-refractivity contribution is 5.90. The van der Waals surface area contributed by atoms with Crippen molar-refractivity contribution >= 4 is 5.97 Å². The van der Waals surface area contributed by atoms with Crippen LogP contribution in [-0.2, 0) is 4.74 Å². The van der Waals surface area contributed by atoms with Gasteiger partial charge in [-0.2, -0.15) is 15.4 Å². The van der Waals surface area contributed by atoms with E-state index in [0.29, 0.717) is 29.3 Å². The number of benzene rings is 1. The third kappa shape index (κ3) is 2.60. The van der Waals surface area contributed by atoms with Crippen molar-refractivity contribution in [2.45, 2.75) is 6.92 Å². The summed E-state index contributed by atoms with van der Waals surface area (Å²) in [6, 6.07) is 7.60. The van der Waals surface area contributed by atoms with Crippen molar-refractivity contribution in [2.24, 2.45) is 0 Å². The molecule has 0 aliphatic heterocycles. The normalized spacial score (nSPS) is 10.6. The summed E-state index contributed by atoms with van der Waals surface area (Å²) in [7, 11) is 0. The van der Waals surface area contributed by atoms with Crippen LogP contribution >= 0.6 is 0 Å². The van der Waals surface area contributed by atoms with Crippen molar-refractivity contribution in [1.29, 1.82) is 0 Å². The number of carbonyl (C=O) groups excluding carboxylic acids is 1. The van der Waals surface area contributed by atoms with Crippen molar-refractivity contribution < 1.29 is 13.9 Å². The first-order valence-corrected chi connectivity index (χ1v) is 6.71. The van der Waals surface area contributed by atoms with E-state index in [-0.39, 0.29) is 5.82 Å². The van der Waals surface area contributed by atoms with Crippen LogP contribution in [0.25, 0.3) is 22.5 Å². The van der Waals surface area contributed by atoms with Gasteiger partial charge in [-0.25, -0.2) is 9.18 Å². The molecule has 1 aromatic carbocycles. The second-order valence-corrected chi connectivity index (χ2v) is 4.55. The van der Waals surface area contributed by atoms with E-state index in [1.165, 1.54) is 12.1 Å². The van der Waals surface area contributed by atoms with E-state index in [0.717, 1.165) is 5.56 Å². The Morgan fingerprint density at radius 1 is 1.18 bits per heavy atom. The smallest absolute Gasteiger partial charge is 0.354 e. The zero-order valence-electron chi connectivity index (χ0n) is 11.8. The summed E-state index contributed by atoms with van der Waals surface area (Å²) in [5.41, 5.74) is 2.90. The molecule has 0 fully saturated rings. The number of aromatic amines is 2. The van der Waals surface area contributed by atoms with Crippen LogP contribution in [0.3, 0.4) is 0 Å². The average Bonchev–Trinajstić information content (AvgIpc) is 3.17. The number of halogens is 1. The summed E-state index contributed by atoms with van der Waals surface area (Å²) in [5.74, 6) is -0.749. The first-order chi connectivity index (χ1) is 10.7. The van der Waals surface area contributed by atoms with E-state index in [4.69, 9.17) is 4.74 Å². The molecular formula is C15H13FN4O2. The summed E-state index contributed by atoms with van der Waals surface area (Å²) in [5, 5.41) is 10.7. The predicted molar refractivity (Wildman–Crippen MR) is 77.5 cm³/mol. The molecule has 7 heteroatoms. The molecule has 0 atom stereocenters. The van der Waals surface area contributed by atoms with Gasteiger partial charge in [-0.05, 0) is 37.3 Å². The molecule has 3 aromatic rings. The maximum Gasteiger partial charge on any atom is 0.354 e. The fourth-order valence-corrected chi connectivity index (χ4v) is 2.10. The standard InChI is InChI=1S/C15H13FN4O2/c1-2-22-15(21)12-7-10(8-17-12)14-13(18-20-19-14)9-3-5-11(16)6-4-9/h3-8,17H,2H2,1H3,(H,18,19,20). The Kier molecular flexibility index (Phi) is 3.69. The van der Waals surface area contributed by atoms with Crippen LogP contribution in [0.4, 0.5) is 4.39 Å². The van der Waals surface area contributed by atoms with Gasteiger partial charge in [-0.15, -0.1) is 0 Å². The minimum atomic E-state index is -0.430. The maximum atomic E-state index is 13.0. The van der Waals surface area contributed by atoms with Crippen molar-refractivity contribution in [3.8, 4) is 22.5 Å². The van der Waals surface area contributed by atoms with E-state index in [1.807, 2.05) is 0 Å². The first kappa shape index (κ1) is 14.0. The fourth-order valence-electron chi connectivity index (χ4n) is 2.10. The average molecular weight is 300 g/mol. The van der Waals surface area contributed by atoms with Crippen molar-refractivity contribution in [3.05, 3.63) is 48.0 Å². The number of rotatable bonds is 4. The van der Waals surface area contributed by atoms with Gasteiger partial charge >= 0.3 is 5.97 Å². The number of hydrogen-bond acceptors (Lipinski definition) is 4. The lowest BCUT2D eigenvalue weighted by atomic mass is 10.1. The van der Waals surface area contributed by atoms with Gasteiger partial charge in [-0.1, -0.05) is 0 Å². The highest BCUT2D eigenvalue weighted by Gasteiger charge is 2.16. The van der Waals surface area contributed by atoms with Gasteiger partial charge in [0.2, 0.25) is 0 Å². The van der Waals surface area contributed by atoms with Gasteiger partial charge in [0.15, 0.2) is 0 Å². The quantitative estimate of drug-likeness (QED) is 0.726. The molecule has 112 valence electrons. The summed E-state index contributed by atoms with van der Waals surface area (Å²) in [6.07, 6.45) is 1.65. The van der Waals surface area contributed by atoms with Gasteiger partial charge in [0, 0.05) is 17.3 Å². The van der Waals surface area contributed by atoms with E-state index >= 15 is 0 Å². The van der Waals surface area contributed by atoms with E-state index in [9.17, 15) is 9.18 Å². The molecular weight excluding hydrogens is 287 g/mol. The summed E-state index contributed by atoms with van der Waals surface area (Å²) >= 11 is 0. The molecule has 2 aromatic heterocycles. The minimum Gasteiger partial charge on any atom is -0.461 e. The van der Waals surface area contributed by atoms with Crippen LogP contribution in [0.2, 0.25) is 0 Å². The van der Waals surface area contributed by atoms with E-state index < -0.39 is 5.97 Å². The van der Waals surface area contributed by atoms with Crippen LogP contribution in [0.5, 0.6) is 0 Å². The Morgan fingerprint density at radius 3 is 2.55 bits per heavy atom. The molecule has 22 heavy (non-hydrogen) atoms. The molecule has 0 bridgehead atoms. The Morgan fingerprint density at radius 2 is 1.86 bits per heavy atom. The lowest BCUT2D eigenvalue weighted by Gasteiger charge is -1.99. The molecule has 2 heterocycles. The zero-order valence-corrected chi connectivity index (χ0v) is 11.8. The number of carbonyl (C=O) groups is 1. The fraction of sp³-hybridized carbons (Fsp3) is 0.133. The summed E-state index contributed by atoms with van der Waals surface area (Å²) in [4.78, 5) is 14.5. The molecule has 6 nitrogen and oxygen atoms in total. The molecule has 0 amide bonds. The predicted octanol–water partition coefficient (Wildman–Crippen LogP) is 2.78. The summed E-state index contributed by atoms with van der Waals surface area (Å²) in [6.45, 7) is 2.05. The van der Waals surface area contributed by atoms with Gasteiger partial charge in [0.1, 0.15) is 22.9 Å². The number of ether oxygens (including phenoxy) is 1. The lowest BCUT2D eigenvalue weighted by molar-refractivity contribution is 0.0520. The Labute approximate surface area is 125 Å². The van der Waals surface area contributed by atoms with Crippen LogP contribution in [0, 0.1) is 5.82 Å². The van der Waals surface area contributed by atoms with Gasteiger partial charge < -0.3 is 9.72 Å². The monoisotopic (exact) mass is 300 g/mol. The molecule has 0 spiro atoms. The first-order valence-electron chi connectivity index (χ1n) is 6.71. The van der Waals surface area contributed by atoms with Gasteiger partial charge in [0.25, 0.3) is 0 Å². The molecule has 0 aliphatic carbocycles. The highest BCUT2D eigenvalue weighted by Crippen LogP contribution is 2.28. The maximum absolute atomic E-state index is 13.0. The zero-order chi connectivity index (χ0) is 15.5. The van der Waals surface area contributed by atoms with Crippen LogP contribution < -0.4 is 0 Å². The number of H-pyrrole nitrogens is 2. The number of esters is 1. The second-order valence-electron chi connectivity index (χ2n) is 4.55. The Hall–Kier alpha value is -2.96. The molecule has 0 aliphatic rings. The third-order valence-corrected chi connectivity index (χ3v) is 3.12. The minimum absolute atomic E-state index is 0.304. The van der Waals surface area contributed by atoms with E-state index in [1.54, 1.807) is 31.3 Å². The summed E-state index contributed by atoms with van der Waals surface area (Å²) < 4.78 is 17.9. The van der Waals surface area contributed by atoms with Gasteiger partial charge in [-0.3, -0.25) is 0 Å². The Balaban J connectivity index is 1.95. The van der Waals surface area contributed by atoms with Gasteiger partial charge in [0.05, 0.1) is 6.61 Å². The molecule has 0 radical (unpaired) electrons. The molecule has 0 saturated carbocycles. The van der Waals surface area contributed by atoms with Crippen LogP contribution in [-0.4, -0.2) is 33.0 Å². The largest absolute Gasteiger partial charge is 0.461 e. The SMILES string of the molecule is CCOC(=O)c1cc(-c2n[nH]nc2-c2ccc(F)cc2)c[nH]1. The lowest BCUT2D eigenvalue weighted by Crippen LogP contribution is -2.04. The van der Waals surface area contributed by atoms with Crippen molar-refractivity contribution in [1.82, 2.24) is 20.4 Å². The highest BCUT2D eigenvalue weighted by atomic mass is 19.1. The molecule has 3 rings (SSSR count). The number of aromatic nitrogens is 4. The molecule has 2 N–H and O–H groups in total.